The Labute approximate surface area is 187 Å². The second-order valence-corrected chi connectivity index (χ2v) is 9.41. The first-order chi connectivity index (χ1) is 15.2. The lowest BCUT2D eigenvalue weighted by molar-refractivity contribution is -0.142. The number of esters is 1. The van der Waals surface area contributed by atoms with Crippen LogP contribution in [-0.4, -0.2) is 46.5 Å². The standard InChI is InChI=1S/C23H27NO7S/c1-15-11-17(3)19(12-16(15)2)20(25)14-31-23(26)5-4-8-24-32(27,28)18-6-7-21-22(13-18)30-10-9-29-21/h6-7,11-13,24H,4-5,8-10,14H2,1-3H3. The van der Waals surface area contributed by atoms with E-state index in [-0.39, 0.29) is 36.7 Å². The topological polar surface area (TPSA) is 108 Å². The Balaban J connectivity index is 1.44. The molecule has 0 atom stereocenters. The summed E-state index contributed by atoms with van der Waals surface area (Å²) in [4.78, 5) is 24.4. The number of ether oxygens (including phenoxy) is 3. The van der Waals surface area contributed by atoms with Crippen LogP contribution in [0.1, 0.15) is 39.9 Å². The molecule has 0 bridgehead atoms. The van der Waals surface area contributed by atoms with Crippen LogP contribution in [0, 0.1) is 20.8 Å². The van der Waals surface area contributed by atoms with Crippen molar-refractivity contribution in [1.82, 2.24) is 4.72 Å². The maximum absolute atomic E-state index is 12.4. The summed E-state index contributed by atoms with van der Waals surface area (Å²) in [5, 5.41) is 0. The third-order valence-electron chi connectivity index (χ3n) is 5.18. The van der Waals surface area contributed by atoms with Crippen LogP contribution in [0.3, 0.4) is 0 Å². The quantitative estimate of drug-likeness (QED) is 0.347. The Kier molecular flexibility index (Phi) is 7.52. The lowest BCUT2D eigenvalue weighted by Gasteiger charge is -2.18. The molecule has 3 rings (SSSR count). The van der Waals surface area contributed by atoms with Gasteiger partial charge in [0.1, 0.15) is 13.2 Å². The summed E-state index contributed by atoms with van der Waals surface area (Å²) in [6, 6.07) is 8.12. The molecular weight excluding hydrogens is 434 g/mol. The summed E-state index contributed by atoms with van der Waals surface area (Å²) in [6.07, 6.45) is 0.225. The van der Waals surface area contributed by atoms with Crippen LogP contribution in [0.2, 0.25) is 0 Å². The number of ketones is 1. The second-order valence-electron chi connectivity index (χ2n) is 7.64. The molecule has 8 nitrogen and oxygen atoms in total. The van der Waals surface area contributed by atoms with Gasteiger partial charge in [-0.25, -0.2) is 13.1 Å². The number of nitrogens with one attached hydrogen (secondary N) is 1. The molecule has 1 aliphatic heterocycles. The molecule has 1 N–H and O–H groups in total. The molecule has 0 spiro atoms. The predicted octanol–water partition coefficient (Wildman–Crippen LogP) is 2.87. The molecule has 0 amide bonds. The molecule has 1 aliphatic rings. The lowest BCUT2D eigenvalue weighted by Crippen LogP contribution is -2.26. The summed E-state index contributed by atoms with van der Waals surface area (Å²) in [5.41, 5.74) is 3.46. The van der Waals surface area contributed by atoms with E-state index in [1.807, 2.05) is 26.8 Å². The monoisotopic (exact) mass is 461 g/mol. The van der Waals surface area contributed by atoms with E-state index in [4.69, 9.17) is 14.2 Å². The van der Waals surface area contributed by atoms with E-state index in [0.717, 1.165) is 16.7 Å². The molecule has 0 saturated carbocycles. The zero-order valence-corrected chi connectivity index (χ0v) is 19.2. The molecule has 0 radical (unpaired) electrons. The number of carbonyl (C=O) groups excluding carboxylic acids is 2. The molecule has 1 heterocycles. The molecule has 9 heteroatoms. The molecule has 0 unspecified atom stereocenters. The van der Waals surface area contributed by atoms with Crippen molar-refractivity contribution in [3.63, 3.8) is 0 Å². The van der Waals surface area contributed by atoms with E-state index < -0.39 is 16.0 Å². The Bertz CT molecular complexity index is 1130. The predicted molar refractivity (Wildman–Crippen MR) is 118 cm³/mol. The van der Waals surface area contributed by atoms with Crippen molar-refractivity contribution in [2.45, 2.75) is 38.5 Å². The van der Waals surface area contributed by atoms with Crippen LogP contribution < -0.4 is 14.2 Å². The third-order valence-corrected chi connectivity index (χ3v) is 6.64. The Morgan fingerprint density at radius 1 is 0.969 bits per heavy atom. The fourth-order valence-electron chi connectivity index (χ4n) is 3.27. The van der Waals surface area contributed by atoms with Gasteiger partial charge in [-0.2, -0.15) is 0 Å². The number of Topliss-reactive ketones (excluding diaryl/α,β-unsaturated/α-hetero) is 1. The van der Waals surface area contributed by atoms with Crippen molar-refractivity contribution in [3.05, 3.63) is 52.6 Å². The Morgan fingerprint density at radius 3 is 2.41 bits per heavy atom. The number of fused-ring (bicyclic) bond motifs is 1. The van der Waals surface area contributed by atoms with Crippen LogP contribution in [0.4, 0.5) is 0 Å². The second kappa shape index (κ2) is 10.1. The first-order valence-electron chi connectivity index (χ1n) is 10.3. The molecule has 0 aliphatic carbocycles. The van der Waals surface area contributed by atoms with Gasteiger partial charge in [-0.05, 0) is 62.1 Å². The molecular formula is C23H27NO7S. The number of hydrogen-bond acceptors (Lipinski definition) is 7. The van der Waals surface area contributed by atoms with Crippen LogP contribution in [0.5, 0.6) is 11.5 Å². The van der Waals surface area contributed by atoms with E-state index in [1.54, 1.807) is 12.1 Å². The third kappa shape index (κ3) is 5.86. The van der Waals surface area contributed by atoms with Crippen LogP contribution in [-0.2, 0) is 19.6 Å². The minimum absolute atomic E-state index is 0.0111. The Hall–Kier alpha value is -2.91. The molecule has 172 valence electrons. The van der Waals surface area contributed by atoms with Gasteiger partial charge in [0.25, 0.3) is 0 Å². The van der Waals surface area contributed by atoms with E-state index in [1.165, 1.54) is 12.1 Å². The number of rotatable bonds is 9. The molecule has 0 saturated heterocycles. The molecule has 2 aromatic carbocycles. The van der Waals surface area contributed by atoms with E-state index in [0.29, 0.717) is 30.3 Å². The average molecular weight is 462 g/mol. The molecule has 0 fully saturated rings. The zero-order chi connectivity index (χ0) is 23.3. The van der Waals surface area contributed by atoms with Crippen molar-refractivity contribution in [2.24, 2.45) is 0 Å². The van der Waals surface area contributed by atoms with Crippen molar-refractivity contribution in [3.8, 4) is 11.5 Å². The van der Waals surface area contributed by atoms with Gasteiger partial charge in [0.15, 0.2) is 18.1 Å². The van der Waals surface area contributed by atoms with Gasteiger partial charge in [0.05, 0.1) is 4.90 Å². The SMILES string of the molecule is Cc1cc(C)c(C(=O)COC(=O)CCCNS(=O)(=O)c2ccc3c(c2)OCCO3)cc1C. The van der Waals surface area contributed by atoms with Crippen molar-refractivity contribution in [1.29, 1.82) is 0 Å². The van der Waals surface area contributed by atoms with Crippen molar-refractivity contribution in [2.75, 3.05) is 26.4 Å². The maximum atomic E-state index is 12.4. The van der Waals surface area contributed by atoms with Gasteiger partial charge in [0.2, 0.25) is 15.8 Å². The fourth-order valence-corrected chi connectivity index (χ4v) is 4.36. The van der Waals surface area contributed by atoms with Gasteiger partial charge < -0.3 is 14.2 Å². The zero-order valence-electron chi connectivity index (χ0n) is 18.4. The van der Waals surface area contributed by atoms with Crippen LogP contribution >= 0.6 is 0 Å². The first kappa shape index (κ1) is 23.7. The average Bonchev–Trinajstić information content (AvgIpc) is 2.77. The van der Waals surface area contributed by atoms with Gasteiger partial charge in [-0.1, -0.05) is 6.07 Å². The summed E-state index contributed by atoms with van der Waals surface area (Å²) in [6.45, 7) is 6.22. The number of hydrogen-bond donors (Lipinski definition) is 1. The summed E-state index contributed by atoms with van der Waals surface area (Å²) >= 11 is 0. The van der Waals surface area contributed by atoms with E-state index in [9.17, 15) is 18.0 Å². The smallest absolute Gasteiger partial charge is 0.306 e. The molecule has 0 aromatic heterocycles. The highest BCUT2D eigenvalue weighted by molar-refractivity contribution is 7.89. The number of carbonyl (C=O) groups is 2. The number of sulfonamides is 1. The Morgan fingerprint density at radius 2 is 1.66 bits per heavy atom. The summed E-state index contributed by atoms with van der Waals surface area (Å²) in [5.74, 6) is 0.0616. The highest BCUT2D eigenvalue weighted by atomic mass is 32.2. The van der Waals surface area contributed by atoms with E-state index >= 15 is 0 Å². The number of aryl methyl sites for hydroxylation is 3. The van der Waals surface area contributed by atoms with E-state index in [2.05, 4.69) is 4.72 Å². The largest absolute Gasteiger partial charge is 0.486 e. The molecule has 2 aromatic rings. The number of benzene rings is 2. The highest BCUT2D eigenvalue weighted by Crippen LogP contribution is 2.32. The molecule has 32 heavy (non-hydrogen) atoms. The van der Waals surface area contributed by atoms with Crippen molar-refractivity contribution < 1.29 is 32.2 Å². The van der Waals surface area contributed by atoms with Gasteiger partial charge in [0, 0.05) is 24.6 Å². The van der Waals surface area contributed by atoms with Gasteiger partial charge >= 0.3 is 5.97 Å². The minimum Gasteiger partial charge on any atom is -0.486 e. The highest BCUT2D eigenvalue weighted by Gasteiger charge is 2.19. The van der Waals surface area contributed by atoms with Crippen molar-refractivity contribution >= 4 is 21.8 Å². The van der Waals surface area contributed by atoms with Gasteiger partial charge in [-0.15, -0.1) is 0 Å². The minimum atomic E-state index is -3.76. The van der Waals surface area contributed by atoms with Crippen LogP contribution in [0.25, 0.3) is 0 Å². The van der Waals surface area contributed by atoms with Crippen LogP contribution in [0.15, 0.2) is 35.2 Å². The maximum Gasteiger partial charge on any atom is 0.306 e. The summed E-state index contributed by atoms with van der Waals surface area (Å²) < 4.78 is 43.2. The lowest BCUT2D eigenvalue weighted by atomic mass is 9.98. The summed E-state index contributed by atoms with van der Waals surface area (Å²) in [7, 11) is -3.76. The normalized spacial score (nSPS) is 13.0. The first-order valence-corrected chi connectivity index (χ1v) is 11.8. The van der Waals surface area contributed by atoms with Gasteiger partial charge in [-0.3, -0.25) is 9.59 Å². The fraction of sp³-hybridized carbons (Fsp3) is 0.391.